The lowest BCUT2D eigenvalue weighted by Gasteiger charge is -2.22. The molecule has 0 heterocycles. The van der Waals surface area contributed by atoms with Crippen molar-refractivity contribution in [1.29, 1.82) is 0 Å². The molecule has 0 aliphatic heterocycles. The molecule has 140 valence electrons. The van der Waals surface area contributed by atoms with Gasteiger partial charge in [-0.2, -0.15) is 5.10 Å². The molecule has 7 nitrogen and oxygen atoms in total. The Morgan fingerprint density at radius 1 is 1.15 bits per heavy atom. The Morgan fingerprint density at radius 3 is 2.58 bits per heavy atom. The quantitative estimate of drug-likeness (QED) is 0.425. The zero-order chi connectivity index (χ0) is 18.9. The number of nitrogens with zero attached hydrogens (tertiary/aromatic N) is 1. The molecule has 1 saturated carbocycles. The molecule has 0 bridgehead atoms. The largest absolute Gasteiger partial charge is 0.345 e. The van der Waals surface area contributed by atoms with Crippen molar-refractivity contribution in [2.45, 2.75) is 51.5 Å². The van der Waals surface area contributed by atoms with E-state index in [1.54, 1.807) is 13.0 Å². The molecule has 0 aromatic heterocycles. The van der Waals surface area contributed by atoms with Crippen molar-refractivity contribution in [2.24, 2.45) is 5.10 Å². The number of hydrazone groups is 1. The number of amides is 3. The van der Waals surface area contributed by atoms with Crippen LogP contribution in [0.3, 0.4) is 0 Å². The number of hydrogen-bond acceptors (Lipinski definition) is 4. The van der Waals surface area contributed by atoms with E-state index in [1.807, 2.05) is 0 Å². The van der Waals surface area contributed by atoms with Gasteiger partial charge in [0.25, 0.3) is 0 Å². The lowest BCUT2D eigenvalue weighted by Crippen LogP contribution is -2.44. The molecule has 0 atom stereocenters. The fourth-order valence-corrected chi connectivity index (χ4v) is 2.74. The van der Waals surface area contributed by atoms with Gasteiger partial charge in [0.1, 0.15) is 5.82 Å². The van der Waals surface area contributed by atoms with E-state index in [-0.39, 0.29) is 12.5 Å². The van der Waals surface area contributed by atoms with Gasteiger partial charge in [-0.1, -0.05) is 25.3 Å². The van der Waals surface area contributed by atoms with Gasteiger partial charge in [0.2, 0.25) is 5.91 Å². The van der Waals surface area contributed by atoms with Crippen LogP contribution in [0.1, 0.15) is 45.4 Å². The molecule has 3 N–H and O–H groups in total. The van der Waals surface area contributed by atoms with Gasteiger partial charge in [-0.15, -0.1) is 0 Å². The minimum absolute atomic E-state index is 0.0316. The van der Waals surface area contributed by atoms with Crippen molar-refractivity contribution >= 4 is 29.1 Å². The highest BCUT2D eigenvalue weighted by molar-refractivity contribution is 6.35. The fourth-order valence-electron chi connectivity index (χ4n) is 2.74. The third-order valence-corrected chi connectivity index (χ3v) is 4.02. The SMILES string of the molecule is C/C(CC(=O)Nc1cccc(F)c1)=N/NC(=O)C(=O)NC1CCCCC1. The van der Waals surface area contributed by atoms with Crippen LogP contribution in [-0.2, 0) is 14.4 Å². The molecule has 0 saturated heterocycles. The average Bonchev–Trinajstić information content (AvgIpc) is 2.60. The molecule has 26 heavy (non-hydrogen) atoms. The number of carbonyl (C=O) groups excluding carboxylic acids is 3. The normalized spacial score (nSPS) is 15.2. The highest BCUT2D eigenvalue weighted by Crippen LogP contribution is 2.17. The standard InChI is InChI=1S/C18H23FN4O3/c1-12(10-16(24)20-15-9-5-6-13(19)11-15)22-23-18(26)17(25)21-14-7-3-2-4-8-14/h5-6,9,11,14H,2-4,7-8,10H2,1H3,(H,20,24)(H,21,25)(H,23,26)/b22-12-. The van der Waals surface area contributed by atoms with Crippen LogP contribution in [0, 0.1) is 5.82 Å². The summed E-state index contributed by atoms with van der Waals surface area (Å²) >= 11 is 0. The number of nitrogens with one attached hydrogen (secondary N) is 3. The maximum atomic E-state index is 13.1. The molecule has 0 radical (unpaired) electrons. The van der Waals surface area contributed by atoms with E-state index in [4.69, 9.17) is 0 Å². The highest BCUT2D eigenvalue weighted by atomic mass is 19.1. The van der Waals surface area contributed by atoms with Crippen molar-refractivity contribution in [2.75, 3.05) is 5.32 Å². The first-order chi connectivity index (χ1) is 12.4. The van der Waals surface area contributed by atoms with E-state index in [2.05, 4.69) is 21.2 Å². The molecule has 0 spiro atoms. The minimum Gasteiger partial charge on any atom is -0.345 e. The second-order valence-corrected chi connectivity index (χ2v) is 6.33. The van der Waals surface area contributed by atoms with Crippen molar-refractivity contribution in [1.82, 2.24) is 10.7 Å². The minimum atomic E-state index is -0.861. The molecule has 0 unspecified atom stereocenters. The van der Waals surface area contributed by atoms with Gasteiger partial charge in [-0.25, -0.2) is 9.82 Å². The van der Waals surface area contributed by atoms with Gasteiger partial charge >= 0.3 is 11.8 Å². The number of anilines is 1. The highest BCUT2D eigenvalue weighted by Gasteiger charge is 2.20. The molecule has 3 amide bonds. The molecular formula is C18H23FN4O3. The van der Waals surface area contributed by atoms with Crippen LogP contribution in [0.5, 0.6) is 0 Å². The second-order valence-electron chi connectivity index (χ2n) is 6.33. The Bertz CT molecular complexity index is 699. The number of carbonyl (C=O) groups is 3. The zero-order valence-corrected chi connectivity index (χ0v) is 14.7. The van der Waals surface area contributed by atoms with E-state index in [0.29, 0.717) is 11.4 Å². The summed E-state index contributed by atoms with van der Waals surface area (Å²) in [5.74, 6) is -2.44. The first-order valence-corrected chi connectivity index (χ1v) is 8.63. The van der Waals surface area contributed by atoms with Crippen LogP contribution in [0.25, 0.3) is 0 Å². The van der Waals surface area contributed by atoms with Crippen LogP contribution in [0.15, 0.2) is 29.4 Å². The van der Waals surface area contributed by atoms with Crippen molar-refractivity contribution in [3.05, 3.63) is 30.1 Å². The van der Waals surface area contributed by atoms with Crippen LogP contribution >= 0.6 is 0 Å². The molecule has 8 heteroatoms. The molecule has 2 rings (SSSR count). The van der Waals surface area contributed by atoms with Crippen LogP contribution < -0.4 is 16.1 Å². The summed E-state index contributed by atoms with van der Waals surface area (Å²) < 4.78 is 13.1. The smallest absolute Gasteiger partial charge is 0.329 e. The third kappa shape index (κ3) is 6.62. The van der Waals surface area contributed by atoms with Gasteiger partial charge in [0, 0.05) is 17.4 Å². The Morgan fingerprint density at radius 2 is 1.88 bits per heavy atom. The summed E-state index contributed by atoms with van der Waals surface area (Å²) in [4.78, 5) is 35.4. The van der Waals surface area contributed by atoms with Crippen molar-refractivity contribution < 1.29 is 18.8 Å². The molecular weight excluding hydrogens is 339 g/mol. The lowest BCUT2D eigenvalue weighted by atomic mass is 9.95. The van der Waals surface area contributed by atoms with E-state index in [9.17, 15) is 18.8 Å². The Balaban J connectivity index is 1.76. The van der Waals surface area contributed by atoms with Gasteiger partial charge in [-0.3, -0.25) is 14.4 Å². The number of hydrogen-bond donors (Lipinski definition) is 3. The molecule has 1 aromatic carbocycles. The lowest BCUT2D eigenvalue weighted by molar-refractivity contribution is -0.139. The van der Waals surface area contributed by atoms with Crippen molar-refractivity contribution in [3.8, 4) is 0 Å². The maximum Gasteiger partial charge on any atom is 0.329 e. The second kappa shape index (κ2) is 9.65. The molecule has 1 fully saturated rings. The summed E-state index contributed by atoms with van der Waals surface area (Å²) in [6, 6.07) is 5.55. The van der Waals surface area contributed by atoms with Crippen LogP contribution in [0.4, 0.5) is 10.1 Å². The van der Waals surface area contributed by atoms with Crippen LogP contribution in [-0.4, -0.2) is 29.5 Å². The monoisotopic (exact) mass is 362 g/mol. The van der Waals surface area contributed by atoms with Gasteiger partial charge in [-0.05, 0) is 38.0 Å². The third-order valence-electron chi connectivity index (χ3n) is 4.02. The predicted octanol–water partition coefficient (Wildman–Crippen LogP) is 2.10. The summed E-state index contributed by atoms with van der Waals surface area (Å²) in [6.07, 6.45) is 4.90. The Kier molecular flexibility index (Phi) is 7.25. The number of rotatable bonds is 5. The van der Waals surface area contributed by atoms with E-state index >= 15 is 0 Å². The Hall–Kier alpha value is -2.77. The summed E-state index contributed by atoms with van der Waals surface area (Å²) in [5, 5.41) is 8.97. The predicted molar refractivity (Wildman–Crippen MR) is 95.9 cm³/mol. The summed E-state index contributed by atoms with van der Waals surface area (Å²) in [5.41, 5.74) is 2.80. The average molecular weight is 362 g/mol. The van der Waals surface area contributed by atoms with E-state index < -0.39 is 23.5 Å². The summed E-state index contributed by atoms with van der Waals surface area (Å²) in [6.45, 7) is 1.55. The maximum absolute atomic E-state index is 13.1. The van der Waals surface area contributed by atoms with Crippen molar-refractivity contribution in [3.63, 3.8) is 0 Å². The first kappa shape index (κ1) is 19.6. The van der Waals surface area contributed by atoms with Crippen LogP contribution in [0.2, 0.25) is 0 Å². The number of halogens is 1. The molecule has 1 aliphatic carbocycles. The van der Waals surface area contributed by atoms with Gasteiger partial charge in [0.05, 0.1) is 6.42 Å². The fraction of sp³-hybridized carbons (Fsp3) is 0.444. The van der Waals surface area contributed by atoms with E-state index in [1.165, 1.54) is 18.2 Å². The first-order valence-electron chi connectivity index (χ1n) is 8.63. The van der Waals surface area contributed by atoms with E-state index in [0.717, 1.165) is 32.1 Å². The zero-order valence-electron chi connectivity index (χ0n) is 14.7. The summed E-state index contributed by atoms with van der Waals surface area (Å²) in [7, 11) is 0. The topological polar surface area (TPSA) is 99.7 Å². The molecule has 1 aromatic rings. The number of benzene rings is 1. The molecule has 1 aliphatic rings. The van der Waals surface area contributed by atoms with Gasteiger partial charge < -0.3 is 10.6 Å². The Labute approximate surface area is 151 Å². The van der Waals surface area contributed by atoms with Gasteiger partial charge in [0.15, 0.2) is 0 Å².